The second-order valence-corrected chi connectivity index (χ2v) is 6.46. The van der Waals surface area contributed by atoms with Crippen molar-refractivity contribution >= 4 is 41.2 Å². The molecular weight excluding hydrogens is 410 g/mol. The van der Waals surface area contributed by atoms with Gasteiger partial charge in [-0.15, -0.1) is 0 Å². The van der Waals surface area contributed by atoms with Crippen molar-refractivity contribution in [1.29, 1.82) is 5.26 Å². The predicted octanol–water partition coefficient (Wildman–Crippen LogP) is 3.31. The Kier molecular flexibility index (Phi) is 6.35. The number of hydrogen-bond donors (Lipinski definition) is 1. The number of imide groups is 2. The van der Waals surface area contributed by atoms with Crippen molar-refractivity contribution in [1.82, 2.24) is 5.32 Å². The van der Waals surface area contributed by atoms with E-state index in [9.17, 15) is 14.4 Å². The number of barbiturate groups is 1. The highest BCUT2D eigenvalue weighted by Crippen LogP contribution is 2.30. The molecule has 0 atom stereocenters. The van der Waals surface area contributed by atoms with Gasteiger partial charge in [-0.1, -0.05) is 17.7 Å². The largest absolute Gasteiger partial charge is 0.490 e. The van der Waals surface area contributed by atoms with E-state index < -0.39 is 17.8 Å². The lowest BCUT2D eigenvalue weighted by atomic mass is 10.1. The number of anilines is 1. The summed E-state index contributed by atoms with van der Waals surface area (Å²) in [5.74, 6) is -0.860. The quantitative estimate of drug-likeness (QED) is 0.561. The smallest absolute Gasteiger partial charge is 0.335 e. The first-order valence-electron chi connectivity index (χ1n) is 8.88. The number of urea groups is 1. The van der Waals surface area contributed by atoms with Crippen molar-refractivity contribution in [3.05, 3.63) is 58.6 Å². The maximum Gasteiger partial charge on any atom is 0.335 e. The molecule has 2 aromatic rings. The van der Waals surface area contributed by atoms with Crippen LogP contribution in [0.4, 0.5) is 10.5 Å². The first-order chi connectivity index (χ1) is 14.4. The molecule has 1 aliphatic heterocycles. The molecule has 1 heterocycles. The molecule has 1 N–H and O–H groups in total. The van der Waals surface area contributed by atoms with Crippen LogP contribution in [0.2, 0.25) is 5.02 Å². The van der Waals surface area contributed by atoms with E-state index in [1.807, 2.05) is 6.07 Å². The van der Waals surface area contributed by atoms with Crippen LogP contribution in [0.25, 0.3) is 6.08 Å². The lowest BCUT2D eigenvalue weighted by Crippen LogP contribution is -2.54. The zero-order chi connectivity index (χ0) is 21.7. The average Bonchev–Trinajstić information content (AvgIpc) is 2.72. The minimum Gasteiger partial charge on any atom is -0.490 e. The zero-order valence-corrected chi connectivity index (χ0v) is 16.6. The Labute approximate surface area is 177 Å². The maximum absolute atomic E-state index is 12.9. The molecule has 4 amide bonds. The third-order valence-electron chi connectivity index (χ3n) is 4.06. The number of halogens is 1. The number of benzene rings is 2. The summed E-state index contributed by atoms with van der Waals surface area (Å²) in [7, 11) is 0. The Bertz CT molecular complexity index is 1070. The van der Waals surface area contributed by atoms with Crippen molar-refractivity contribution in [2.45, 2.75) is 6.92 Å². The van der Waals surface area contributed by atoms with E-state index in [0.29, 0.717) is 28.7 Å². The summed E-state index contributed by atoms with van der Waals surface area (Å²) < 4.78 is 10.8. The van der Waals surface area contributed by atoms with Crippen LogP contribution in [0, 0.1) is 11.3 Å². The van der Waals surface area contributed by atoms with Crippen LogP contribution < -0.4 is 19.7 Å². The molecule has 9 heteroatoms. The van der Waals surface area contributed by atoms with Gasteiger partial charge in [-0.2, -0.15) is 5.26 Å². The first kappa shape index (κ1) is 20.9. The van der Waals surface area contributed by atoms with Crippen LogP contribution in [-0.4, -0.2) is 31.1 Å². The molecule has 152 valence electrons. The molecule has 2 aromatic carbocycles. The first-order valence-corrected chi connectivity index (χ1v) is 9.26. The molecular formula is C21H16ClN3O5. The van der Waals surface area contributed by atoms with Crippen LogP contribution in [0.15, 0.2) is 48.0 Å². The van der Waals surface area contributed by atoms with Crippen molar-refractivity contribution < 1.29 is 23.9 Å². The van der Waals surface area contributed by atoms with E-state index in [4.69, 9.17) is 26.3 Å². The van der Waals surface area contributed by atoms with E-state index in [1.54, 1.807) is 25.1 Å². The highest BCUT2D eigenvalue weighted by atomic mass is 35.5. The standard InChI is InChI=1S/C21H16ClN3O5/c1-2-29-18-12-13(3-8-17(18)30-10-9-23)11-16-19(26)24-21(28)25(20(16)27)15-6-4-14(22)5-7-15/h3-8,11-12H,2,10H2,1H3,(H,24,26,28)/b16-11+. The van der Waals surface area contributed by atoms with E-state index in [2.05, 4.69) is 5.32 Å². The predicted molar refractivity (Wildman–Crippen MR) is 109 cm³/mol. The third-order valence-corrected chi connectivity index (χ3v) is 4.31. The minimum absolute atomic E-state index is 0.153. The van der Waals surface area contributed by atoms with Gasteiger partial charge in [0.1, 0.15) is 11.6 Å². The molecule has 30 heavy (non-hydrogen) atoms. The summed E-state index contributed by atoms with van der Waals surface area (Å²) in [6, 6.07) is 11.8. The van der Waals surface area contributed by atoms with Crippen molar-refractivity contribution in [2.75, 3.05) is 18.1 Å². The van der Waals surface area contributed by atoms with Crippen LogP contribution in [0.5, 0.6) is 11.5 Å². The number of hydrogen-bond acceptors (Lipinski definition) is 6. The van der Waals surface area contributed by atoms with E-state index >= 15 is 0 Å². The van der Waals surface area contributed by atoms with Crippen molar-refractivity contribution in [3.63, 3.8) is 0 Å². The molecule has 0 aliphatic carbocycles. The number of nitrogens with one attached hydrogen (secondary N) is 1. The highest BCUT2D eigenvalue weighted by molar-refractivity contribution is 6.39. The number of rotatable bonds is 6. The van der Waals surface area contributed by atoms with Crippen LogP contribution in [-0.2, 0) is 9.59 Å². The molecule has 0 bridgehead atoms. The van der Waals surface area contributed by atoms with E-state index in [0.717, 1.165) is 4.90 Å². The zero-order valence-electron chi connectivity index (χ0n) is 15.8. The number of amides is 4. The lowest BCUT2D eigenvalue weighted by molar-refractivity contribution is -0.122. The van der Waals surface area contributed by atoms with Gasteiger partial charge in [-0.25, -0.2) is 9.69 Å². The van der Waals surface area contributed by atoms with Gasteiger partial charge in [0.05, 0.1) is 12.3 Å². The molecule has 1 aliphatic rings. The Hall–Kier alpha value is -3.83. The molecule has 0 saturated carbocycles. The average molecular weight is 426 g/mol. The highest BCUT2D eigenvalue weighted by Gasteiger charge is 2.36. The molecule has 0 unspecified atom stereocenters. The van der Waals surface area contributed by atoms with Crippen molar-refractivity contribution in [2.24, 2.45) is 0 Å². The molecule has 0 aromatic heterocycles. The fourth-order valence-corrected chi connectivity index (χ4v) is 2.89. The summed E-state index contributed by atoms with van der Waals surface area (Å²) in [5.41, 5.74) is 0.528. The molecule has 3 rings (SSSR count). The van der Waals surface area contributed by atoms with Crippen LogP contribution >= 0.6 is 11.6 Å². The van der Waals surface area contributed by atoms with Gasteiger partial charge in [0, 0.05) is 5.02 Å². The van der Waals surface area contributed by atoms with E-state index in [1.165, 1.54) is 30.3 Å². The van der Waals surface area contributed by atoms with Crippen LogP contribution in [0.3, 0.4) is 0 Å². The number of carbonyl (C=O) groups excluding carboxylic acids is 3. The molecule has 1 saturated heterocycles. The summed E-state index contributed by atoms with van der Waals surface area (Å²) >= 11 is 5.86. The minimum atomic E-state index is -0.847. The Morgan fingerprint density at radius 2 is 1.83 bits per heavy atom. The van der Waals surface area contributed by atoms with Crippen LogP contribution in [0.1, 0.15) is 12.5 Å². The van der Waals surface area contributed by atoms with Gasteiger partial charge in [-0.05, 0) is 55.0 Å². The summed E-state index contributed by atoms with van der Waals surface area (Å²) in [6.45, 7) is 1.98. The van der Waals surface area contributed by atoms with Gasteiger partial charge in [0.15, 0.2) is 18.1 Å². The second-order valence-electron chi connectivity index (χ2n) is 6.02. The normalized spacial score (nSPS) is 15.0. The third kappa shape index (κ3) is 4.42. The van der Waals surface area contributed by atoms with E-state index in [-0.39, 0.29) is 17.9 Å². The number of nitriles is 1. The summed E-state index contributed by atoms with van der Waals surface area (Å²) in [6.07, 6.45) is 1.35. The summed E-state index contributed by atoms with van der Waals surface area (Å²) in [5, 5.41) is 11.3. The Morgan fingerprint density at radius 3 is 2.50 bits per heavy atom. The van der Waals surface area contributed by atoms with Crippen molar-refractivity contribution in [3.8, 4) is 17.6 Å². The molecule has 8 nitrogen and oxygen atoms in total. The monoisotopic (exact) mass is 425 g/mol. The molecule has 0 radical (unpaired) electrons. The number of nitrogens with zero attached hydrogens (tertiary/aromatic N) is 2. The number of carbonyl (C=O) groups is 3. The molecule has 1 fully saturated rings. The topological polar surface area (TPSA) is 109 Å². The maximum atomic E-state index is 12.9. The SMILES string of the molecule is CCOc1cc(/C=C2\C(=O)NC(=O)N(c3ccc(Cl)cc3)C2=O)ccc1OCC#N. The van der Waals surface area contributed by atoms with Gasteiger partial charge >= 0.3 is 6.03 Å². The second kappa shape index (κ2) is 9.11. The van der Waals surface area contributed by atoms with Gasteiger partial charge in [0.25, 0.3) is 11.8 Å². The summed E-state index contributed by atoms with van der Waals surface area (Å²) in [4.78, 5) is 38.3. The van der Waals surface area contributed by atoms with Gasteiger partial charge in [-0.3, -0.25) is 14.9 Å². The fourth-order valence-electron chi connectivity index (χ4n) is 2.76. The lowest BCUT2D eigenvalue weighted by Gasteiger charge is -2.26. The Morgan fingerprint density at radius 1 is 1.10 bits per heavy atom. The van der Waals surface area contributed by atoms with Gasteiger partial charge in [0.2, 0.25) is 0 Å². The van der Waals surface area contributed by atoms with Gasteiger partial charge < -0.3 is 9.47 Å². The molecule has 0 spiro atoms. The number of ether oxygens (including phenoxy) is 2. The Balaban J connectivity index is 1.96. The fraction of sp³-hybridized carbons (Fsp3) is 0.143.